The molecule has 2 aromatic carbocycles. The van der Waals surface area contributed by atoms with E-state index in [1.165, 1.54) is 46.3 Å². The third-order valence-electron chi connectivity index (χ3n) is 6.66. The van der Waals surface area contributed by atoms with Crippen molar-refractivity contribution in [3.63, 3.8) is 0 Å². The number of sulfonamides is 1. The van der Waals surface area contributed by atoms with Crippen LogP contribution in [0.15, 0.2) is 65.2 Å². The molecule has 2 heterocycles. The van der Waals surface area contributed by atoms with Gasteiger partial charge in [0.15, 0.2) is 0 Å². The molecule has 0 amide bonds. The number of nitrogens with zero attached hydrogens (tertiary/aromatic N) is 4. The number of benzene rings is 2. The van der Waals surface area contributed by atoms with Crippen molar-refractivity contribution in [3.05, 3.63) is 83.2 Å². The zero-order valence-electron chi connectivity index (χ0n) is 19.1. The van der Waals surface area contributed by atoms with Crippen LogP contribution in [0.25, 0.3) is 11.8 Å². The van der Waals surface area contributed by atoms with Crippen LogP contribution < -0.4 is 0 Å². The van der Waals surface area contributed by atoms with Crippen molar-refractivity contribution < 1.29 is 17.2 Å². The average molecular weight is 485 g/mol. The van der Waals surface area contributed by atoms with Gasteiger partial charge in [-0.25, -0.2) is 21.9 Å². The number of fused-ring (bicyclic) bond motifs is 2. The zero-order chi connectivity index (χ0) is 24.1. The van der Waals surface area contributed by atoms with Crippen LogP contribution in [0.2, 0.25) is 0 Å². The SMILES string of the molecule is CN(C)C[C@]12Cc3cnn(-c4ccc(F)cc4)c3C=C1CCN(S(=O)(=O)c1ccc(F)cc1)C2. The Morgan fingerprint density at radius 3 is 2.32 bits per heavy atom. The quantitative estimate of drug-likeness (QED) is 0.554. The zero-order valence-corrected chi connectivity index (χ0v) is 19.9. The number of halogens is 2. The van der Waals surface area contributed by atoms with Crippen LogP contribution in [-0.4, -0.2) is 61.1 Å². The van der Waals surface area contributed by atoms with Crippen LogP contribution in [0.3, 0.4) is 0 Å². The van der Waals surface area contributed by atoms with Crippen molar-refractivity contribution in [1.29, 1.82) is 0 Å². The molecule has 1 atom stereocenters. The van der Waals surface area contributed by atoms with E-state index in [9.17, 15) is 17.2 Å². The van der Waals surface area contributed by atoms with Crippen LogP contribution in [0, 0.1) is 17.0 Å². The van der Waals surface area contributed by atoms with Gasteiger partial charge in [0.1, 0.15) is 11.6 Å². The van der Waals surface area contributed by atoms with Crippen molar-refractivity contribution in [2.24, 2.45) is 5.41 Å². The number of rotatable bonds is 5. The van der Waals surface area contributed by atoms with Gasteiger partial charge in [-0.15, -0.1) is 0 Å². The van der Waals surface area contributed by atoms with Gasteiger partial charge < -0.3 is 4.90 Å². The summed E-state index contributed by atoms with van der Waals surface area (Å²) in [7, 11) is 0.209. The van der Waals surface area contributed by atoms with Crippen LogP contribution in [0.1, 0.15) is 17.7 Å². The topological polar surface area (TPSA) is 58.4 Å². The minimum absolute atomic E-state index is 0.0990. The van der Waals surface area contributed by atoms with E-state index < -0.39 is 21.3 Å². The first-order valence-electron chi connectivity index (χ1n) is 11.1. The summed E-state index contributed by atoms with van der Waals surface area (Å²) in [6.45, 7) is 1.36. The Labute approximate surface area is 198 Å². The van der Waals surface area contributed by atoms with E-state index in [1.807, 2.05) is 25.0 Å². The van der Waals surface area contributed by atoms with E-state index in [0.29, 0.717) is 32.5 Å². The van der Waals surface area contributed by atoms with Crippen LogP contribution in [0.4, 0.5) is 8.78 Å². The summed E-state index contributed by atoms with van der Waals surface area (Å²) in [5.74, 6) is -0.771. The Morgan fingerprint density at radius 2 is 1.68 bits per heavy atom. The molecular weight excluding hydrogens is 458 g/mol. The van der Waals surface area contributed by atoms with E-state index in [4.69, 9.17) is 0 Å². The Bertz CT molecular complexity index is 1350. The summed E-state index contributed by atoms with van der Waals surface area (Å²) in [5.41, 5.74) is 3.53. The number of aromatic nitrogens is 2. The normalized spacial score (nSPS) is 20.7. The van der Waals surface area contributed by atoms with Crippen molar-refractivity contribution in [2.45, 2.75) is 17.7 Å². The third-order valence-corrected chi connectivity index (χ3v) is 8.52. The maximum Gasteiger partial charge on any atom is 0.243 e. The summed E-state index contributed by atoms with van der Waals surface area (Å²) >= 11 is 0. The summed E-state index contributed by atoms with van der Waals surface area (Å²) in [6.07, 6.45) is 5.17. The molecule has 0 N–H and O–H groups in total. The fourth-order valence-electron chi connectivity index (χ4n) is 5.20. The molecule has 0 bridgehead atoms. The van der Waals surface area contributed by atoms with Crippen LogP contribution >= 0.6 is 0 Å². The van der Waals surface area contributed by atoms with E-state index in [1.54, 1.807) is 12.1 Å². The van der Waals surface area contributed by atoms with Crippen LogP contribution in [0.5, 0.6) is 0 Å². The lowest BCUT2D eigenvalue weighted by atomic mass is 9.68. The highest BCUT2D eigenvalue weighted by atomic mass is 32.2. The van der Waals surface area contributed by atoms with Crippen LogP contribution in [-0.2, 0) is 16.4 Å². The third kappa shape index (κ3) is 3.97. The smallest absolute Gasteiger partial charge is 0.243 e. The first-order chi connectivity index (χ1) is 16.2. The summed E-state index contributed by atoms with van der Waals surface area (Å²) in [6, 6.07) is 11.2. The predicted octanol–water partition coefficient (Wildman–Crippen LogP) is 3.73. The molecule has 9 heteroatoms. The molecule has 1 aliphatic carbocycles. The lowest BCUT2D eigenvalue weighted by Crippen LogP contribution is -2.53. The fourth-order valence-corrected chi connectivity index (χ4v) is 6.72. The highest BCUT2D eigenvalue weighted by Gasteiger charge is 2.46. The first-order valence-corrected chi connectivity index (χ1v) is 12.6. The van der Waals surface area contributed by atoms with Gasteiger partial charge >= 0.3 is 0 Å². The molecular formula is C25H26F2N4O2S. The van der Waals surface area contributed by atoms with Crippen molar-refractivity contribution in [3.8, 4) is 5.69 Å². The average Bonchev–Trinajstić information content (AvgIpc) is 3.19. The second-order valence-corrected chi connectivity index (χ2v) is 11.3. The lowest BCUT2D eigenvalue weighted by Gasteiger charge is -2.47. The summed E-state index contributed by atoms with van der Waals surface area (Å²) in [4.78, 5) is 2.18. The standard InChI is InChI=1S/C25H26F2N4O2S/c1-29(2)16-25-14-18-15-28-31(22-7-3-20(26)4-8-22)24(18)13-19(25)11-12-30(17-25)34(32,33)23-9-5-21(27)6-10-23/h3-10,13,15H,11-12,14,16-17H2,1-2H3/t25-/m0/s1. The van der Waals surface area contributed by atoms with Gasteiger partial charge in [0, 0.05) is 25.0 Å². The molecule has 6 nitrogen and oxygen atoms in total. The molecule has 2 aliphatic rings. The molecule has 1 fully saturated rings. The Morgan fingerprint density at radius 1 is 1.03 bits per heavy atom. The lowest BCUT2D eigenvalue weighted by molar-refractivity contribution is 0.161. The molecule has 5 rings (SSSR count). The maximum absolute atomic E-state index is 13.4. The molecule has 0 saturated carbocycles. The largest absolute Gasteiger partial charge is 0.308 e. The predicted molar refractivity (Wildman–Crippen MR) is 126 cm³/mol. The van der Waals surface area contributed by atoms with Gasteiger partial charge in [-0.3, -0.25) is 0 Å². The number of hydrogen-bond donors (Lipinski definition) is 0. The molecule has 0 radical (unpaired) electrons. The second kappa shape index (κ2) is 8.41. The molecule has 1 aromatic heterocycles. The maximum atomic E-state index is 13.4. The van der Waals surface area contributed by atoms with Gasteiger partial charge in [-0.1, -0.05) is 5.57 Å². The van der Waals surface area contributed by atoms with Gasteiger partial charge in [0.2, 0.25) is 10.0 Å². The monoisotopic (exact) mass is 484 g/mol. The molecule has 178 valence electrons. The van der Waals surface area contributed by atoms with Crippen molar-refractivity contribution in [1.82, 2.24) is 19.0 Å². The van der Waals surface area contributed by atoms with E-state index in [-0.39, 0.29) is 10.7 Å². The fraction of sp³-hybridized carbons (Fsp3) is 0.320. The molecule has 0 spiro atoms. The minimum atomic E-state index is -3.76. The summed E-state index contributed by atoms with van der Waals surface area (Å²) < 4.78 is 56.9. The summed E-state index contributed by atoms with van der Waals surface area (Å²) in [5, 5.41) is 4.56. The van der Waals surface area contributed by atoms with Gasteiger partial charge in [0.05, 0.1) is 22.5 Å². The Hall–Kier alpha value is -2.88. The molecule has 0 unspecified atom stereocenters. The van der Waals surface area contributed by atoms with Gasteiger partial charge in [-0.05, 0) is 87.1 Å². The highest BCUT2D eigenvalue weighted by Crippen LogP contribution is 2.45. The first kappa shape index (κ1) is 22.9. The van der Waals surface area contributed by atoms with Gasteiger partial charge in [-0.2, -0.15) is 9.40 Å². The van der Waals surface area contributed by atoms with Gasteiger partial charge in [0.25, 0.3) is 0 Å². The highest BCUT2D eigenvalue weighted by molar-refractivity contribution is 7.89. The van der Waals surface area contributed by atoms with E-state index >= 15 is 0 Å². The van der Waals surface area contributed by atoms with E-state index in [2.05, 4.69) is 16.1 Å². The molecule has 1 aliphatic heterocycles. The molecule has 3 aromatic rings. The number of hydrogen-bond acceptors (Lipinski definition) is 4. The Kier molecular flexibility index (Phi) is 5.66. The Balaban J connectivity index is 1.52. The van der Waals surface area contributed by atoms with Crippen molar-refractivity contribution >= 4 is 16.1 Å². The molecule has 1 saturated heterocycles. The molecule has 34 heavy (non-hydrogen) atoms. The number of piperidine rings is 1. The second-order valence-electron chi connectivity index (χ2n) is 9.35. The minimum Gasteiger partial charge on any atom is -0.308 e. The van der Waals surface area contributed by atoms with E-state index in [0.717, 1.165) is 16.9 Å². The van der Waals surface area contributed by atoms with Crippen molar-refractivity contribution in [2.75, 3.05) is 33.7 Å².